The Morgan fingerprint density at radius 3 is 2.62 bits per heavy atom. The van der Waals surface area contributed by atoms with Crippen molar-refractivity contribution in [3.05, 3.63) is 35.2 Å². The van der Waals surface area contributed by atoms with Crippen LogP contribution in [0.4, 0.5) is 5.13 Å². The highest BCUT2D eigenvalue weighted by Gasteiger charge is 2.08. The van der Waals surface area contributed by atoms with Gasteiger partial charge in [0.2, 0.25) is 5.91 Å². The van der Waals surface area contributed by atoms with Crippen molar-refractivity contribution in [3.8, 4) is 11.3 Å². The van der Waals surface area contributed by atoms with Crippen LogP contribution in [0.2, 0.25) is 0 Å². The lowest BCUT2D eigenvalue weighted by molar-refractivity contribution is -0.116. The summed E-state index contributed by atoms with van der Waals surface area (Å²) in [7, 11) is 0. The molecule has 1 N–H and O–H groups in total. The summed E-state index contributed by atoms with van der Waals surface area (Å²) >= 11 is 1.47. The fraction of sp³-hybridized carbons (Fsp3) is 0.412. The van der Waals surface area contributed by atoms with E-state index in [9.17, 15) is 4.79 Å². The van der Waals surface area contributed by atoms with E-state index >= 15 is 0 Å². The van der Waals surface area contributed by atoms with E-state index in [0.29, 0.717) is 17.5 Å². The Bertz CT molecular complexity index is 587. The van der Waals surface area contributed by atoms with E-state index in [-0.39, 0.29) is 5.91 Å². The zero-order chi connectivity index (χ0) is 15.2. The van der Waals surface area contributed by atoms with Gasteiger partial charge in [0.25, 0.3) is 0 Å². The minimum absolute atomic E-state index is 0.0490. The maximum absolute atomic E-state index is 11.7. The fourth-order valence-corrected chi connectivity index (χ4v) is 2.76. The number of amides is 1. The summed E-state index contributed by atoms with van der Waals surface area (Å²) in [5.74, 6) is 0.579. The minimum Gasteiger partial charge on any atom is -0.302 e. The smallest absolute Gasteiger partial charge is 0.226 e. The first-order valence-electron chi connectivity index (χ1n) is 7.46. The number of aromatic nitrogens is 1. The topological polar surface area (TPSA) is 42.0 Å². The number of carbonyl (C=O) groups excluding carboxylic acids is 1. The van der Waals surface area contributed by atoms with Crippen LogP contribution in [-0.4, -0.2) is 10.9 Å². The molecule has 21 heavy (non-hydrogen) atoms. The second-order valence-electron chi connectivity index (χ2n) is 5.47. The zero-order valence-corrected chi connectivity index (χ0v) is 13.7. The lowest BCUT2D eigenvalue weighted by atomic mass is 10.0. The van der Waals surface area contributed by atoms with Crippen molar-refractivity contribution in [2.45, 2.75) is 46.0 Å². The van der Waals surface area contributed by atoms with E-state index in [4.69, 9.17) is 0 Å². The summed E-state index contributed by atoms with van der Waals surface area (Å²) in [6.45, 7) is 6.44. The van der Waals surface area contributed by atoms with Gasteiger partial charge >= 0.3 is 0 Å². The molecule has 0 bridgehead atoms. The van der Waals surface area contributed by atoms with Crippen LogP contribution >= 0.6 is 11.3 Å². The van der Waals surface area contributed by atoms with Gasteiger partial charge in [-0.1, -0.05) is 51.5 Å². The van der Waals surface area contributed by atoms with Crippen molar-refractivity contribution >= 4 is 22.4 Å². The van der Waals surface area contributed by atoms with E-state index in [1.807, 2.05) is 5.38 Å². The van der Waals surface area contributed by atoms with Crippen LogP contribution in [0, 0.1) is 0 Å². The molecule has 2 rings (SSSR count). The molecule has 2 aromatic rings. The summed E-state index contributed by atoms with van der Waals surface area (Å²) in [6, 6.07) is 8.46. The van der Waals surface area contributed by atoms with Crippen molar-refractivity contribution in [1.29, 1.82) is 0 Å². The second-order valence-corrected chi connectivity index (χ2v) is 6.32. The van der Waals surface area contributed by atoms with E-state index in [1.54, 1.807) is 0 Å². The average molecular weight is 302 g/mol. The normalized spacial score (nSPS) is 10.9. The number of thiazole rings is 1. The molecular formula is C17H22N2OS. The van der Waals surface area contributed by atoms with Gasteiger partial charge in [-0.15, -0.1) is 11.3 Å². The van der Waals surface area contributed by atoms with Gasteiger partial charge in [0, 0.05) is 17.4 Å². The molecule has 0 saturated heterocycles. The van der Waals surface area contributed by atoms with Gasteiger partial charge in [0.15, 0.2) is 5.13 Å². The Labute approximate surface area is 130 Å². The highest BCUT2D eigenvalue weighted by atomic mass is 32.1. The highest BCUT2D eigenvalue weighted by Crippen LogP contribution is 2.26. The molecule has 0 fully saturated rings. The van der Waals surface area contributed by atoms with Crippen LogP contribution in [0.5, 0.6) is 0 Å². The molecule has 0 saturated carbocycles. The summed E-state index contributed by atoms with van der Waals surface area (Å²) in [6.07, 6.45) is 2.51. The predicted octanol–water partition coefficient (Wildman–Crippen LogP) is 5.06. The van der Waals surface area contributed by atoms with Gasteiger partial charge in [0.05, 0.1) is 5.69 Å². The summed E-state index contributed by atoms with van der Waals surface area (Å²) in [5.41, 5.74) is 3.33. The van der Waals surface area contributed by atoms with Gasteiger partial charge < -0.3 is 5.32 Å². The molecule has 1 aromatic carbocycles. The Kier molecular flexibility index (Phi) is 5.51. The molecule has 0 unspecified atom stereocenters. The van der Waals surface area contributed by atoms with E-state index < -0.39 is 0 Å². The number of rotatable bonds is 6. The molecule has 1 amide bonds. The monoisotopic (exact) mass is 302 g/mol. The molecule has 0 atom stereocenters. The van der Waals surface area contributed by atoms with Crippen LogP contribution in [0.3, 0.4) is 0 Å². The van der Waals surface area contributed by atoms with Crippen LogP contribution < -0.4 is 5.32 Å². The van der Waals surface area contributed by atoms with Crippen molar-refractivity contribution in [2.75, 3.05) is 5.32 Å². The molecule has 0 aliphatic carbocycles. The van der Waals surface area contributed by atoms with Crippen molar-refractivity contribution in [2.24, 2.45) is 0 Å². The standard InChI is InChI=1S/C17H22N2OS/c1-4-5-6-16(20)19-17-18-15(11-21-17)14-9-7-13(8-10-14)12(2)3/h7-12H,4-6H2,1-3H3,(H,18,19,20). The third-order valence-corrected chi connectivity index (χ3v) is 4.14. The quantitative estimate of drug-likeness (QED) is 0.810. The molecule has 1 heterocycles. The number of nitrogens with zero attached hydrogens (tertiary/aromatic N) is 1. The molecule has 0 aliphatic rings. The third kappa shape index (κ3) is 4.39. The fourth-order valence-electron chi connectivity index (χ4n) is 2.02. The lowest BCUT2D eigenvalue weighted by Gasteiger charge is -2.05. The SMILES string of the molecule is CCCCC(=O)Nc1nc(-c2ccc(C(C)C)cc2)cs1. The Morgan fingerprint density at radius 1 is 1.29 bits per heavy atom. The number of nitrogens with one attached hydrogen (secondary N) is 1. The Balaban J connectivity index is 2.03. The average Bonchev–Trinajstić information content (AvgIpc) is 2.93. The Morgan fingerprint density at radius 2 is 2.00 bits per heavy atom. The number of anilines is 1. The van der Waals surface area contributed by atoms with Crippen LogP contribution in [0.25, 0.3) is 11.3 Å². The molecule has 0 aliphatic heterocycles. The molecule has 1 aromatic heterocycles. The summed E-state index contributed by atoms with van der Waals surface area (Å²) < 4.78 is 0. The summed E-state index contributed by atoms with van der Waals surface area (Å²) in [5, 5.41) is 5.53. The van der Waals surface area contributed by atoms with Gasteiger partial charge in [-0.2, -0.15) is 0 Å². The number of hydrogen-bond donors (Lipinski definition) is 1. The van der Waals surface area contributed by atoms with E-state index in [1.165, 1.54) is 16.9 Å². The van der Waals surface area contributed by atoms with E-state index in [0.717, 1.165) is 24.1 Å². The van der Waals surface area contributed by atoms with Crippen LogP contribution in [0.15, 0.2) is 29.6 Å². The number of hydrogen-bond acceptors (Lipinski definition) is 3. The molecule has 3 nitrogen and oxygen atoms in total. The highest BCUT2D eigenvalue weighted by molar-refractivity contribution is 7.14. The third-order valence-electron chi connectivity index (χ3n) is 3.38. The van der Waals surface area contributed by atoms with Crippen molar-refractivity contribution in [3.63, 3.8) is 0 Å². The Hall–Kier alpha value is -1.68. The number of unbranched alkanes of at least 4 members (excludes halogenated alkanes) is 1. The molecule has 0 radical (unpaired) electrons. The summed E-state index contributed by atoms with van der Waals surface area (Å²) in [4.78, 5) is 16.2. The first-order valence-corrected chi connectivity index (χ1v) is 8.33. The minimum atomic E-state index is 0.0490. The van der Waals surface area contributed by atoms with Crippen LogP contribution in [0.1, 0.15) is 51.5 Å². The zero-order valence-electron chi connectivity index (χ0n) is 12.8. The van der Waals surface area contributed by atoms with Gasteiger partial charge in [0.1, 0.15) is 0 Å². The molecular weight excluding hydrogens is 280 g/mol. The lowest BCUT2D eigenvalue weighted by Crippen LogP contribution is -2.10. The maximum atomic E-state index is 11.7. The van der Waals surface area contributed by atoms with Gasteiger partial charge in [-0.3, -0.25) is 4.79 Å². The number of carbonyl (C=O) groups is 1. The molecule has 4 heteroatoms. The van der Waals surface area contributed by atoms with Gasteiger partial charge in [-0.05, 0) is 17.9 Å². The van der Waals surface area contributed by atoms with E-state index in [2.05, 4.69) is 55.3 Å². The van der Waals surface area contributed by atoms with Crippen molar-refractivity contribution < 1.29 is 4.79 Å². The number of benzene rings is 1. The van der Waals surface area contributed by atoms with Gasteiger partial charge in [-0.25, -0.2) is 4.98 Å². The largest absolute Gasteiger partial charge is 0.302 e. The predicted molar refractivity (Wildman–Crippen MR) is 89.8 cm³/mol. The van der Waals surface area contributed by atoms with Crippen LogP contribution in [-0.2, 0) is 4.79 Å². The maximum Gasteiger partial charge on any atom is 0.226 e. The molecule has 112 valence electrons. The second kappa shape index (κ2) is 7.36. The first kappa shape index (κ1) is 15.7. The van der Waals surface area contributed by atoms with Crippen molar-refractivity contribution in [1.82, 2.24) is 4.98 Å². The first-order chi connectivity index (χ1) is 10.1. The molecule has 0 spiro atoms.